The lowest BCUT2D eigenvalue weighted by atomic mass is 9.92. The summed E-state index contributed by atoms with van der Waals surface area (Å²) < 4.78 is 40.1. The molecule has 0 heterocycles. The lowest BCUT2D eigenvalue weighted by Gasteiger charge is -2.16. The Morgan fingerprint density at radius 2 is 1.50 bits per heavy atom. The van der Waals surface area contributed by atoms with Crippen LogP contribution in [-0.4, -0.2) is 6.54 Å². The zero-order valence-electron chi connectivity index (χ0n) is 11.0. The molecule has 0 fully saturated rings. The van der Waals surface area contributed by atoms with Gasteiger partial charge in [-0.1, -0.05) is 24.3 Å². The van der Waals surface area contributed by atoms with Crippen LogP contribution in [0.4, 0.5) is 13.2 Å². The van der Waals surface area contributed by atoms with Crippen LogP contribution in [0.15, 0.2) is 42.5 Å². The Bertz CT molecular complexity index is 584. The molecule has 2 aromatic carbocycles. The largest absolute Gasteiger partial charge is 0.330 e. The van der Waals surface area contributed by atoms with Gasteiger partial charge in [0.05, 0.1) is 0 Å². The SMILES string of the molecule is NCC(Cc1ccccc1F)Cc1ccc(F)cc1F. The first-order valence-electron chi connectivity index (χ1n) is 6.47. The molecule has 0 aromatic heterocycles. The fraction of sp³-hybridized carbons (Fsp3) is 0.250. The van der Waals surface area contributed by atoms with Gasteiger partial charge in [-0.25, -0.2) is 13.2 Å². The maximum absolute atomic E-state index is 13.6. The summed E-state index contributed by atoms with van der Waals surface area (Å²) in [5.74, 6) is -1.57. The Hall–Kier alpha value is -1.81. The normalized spacial score (nSPS) is 12.4. The molecule has 0 amide bonds. The Morgan fingerprint density at radius 3 is 2.10 bits per heavy atom. The molecule has 0 saturated carbocycles. The van der Waals surface area contributed by atoms with Crippen LogP contribution in [0, 0.1) is 23.4 Å². The molecule has 2 aromatic rings. The van der Waals surface area contributed by atoms with E-state index in [1.165, 1.54) is 18.2 Å². The molecular formula is C16H16F3N. The van der Waals surface area contributed by atoms with Gasteiger partial charge in [-0.05, 0) is 48.6 Å². The van der Waals surface area contributed by atoms with Crippen molar-refractivity contribution in [2.75, 3.05) is 6.54 Å². The van der Waals surface area contributed by atoms with Gasteiger partial charge < -0.3 is 5.73 Å². The van der Waals surface area contributed by atoms with Crippen LogP contribution in [0.3, 0.4) is 0 Å². The molecule has 0 radical (unpaired) electrons. The third-order valence-corrected chi connectivity index (χ3v) is 3.32. The summed E-state index contributed by atoms with van der Waals surface area (Å²) in [6, 6.07) is 9.94. The van der Waals surface area contributed by atoms with Gasteiger partial charge in [0.2, 0.25) is 0 Å². The number of benzene rings is 2. The fourth-order valence-electron chi connectivity index (χ4n) is 2.21. The van der Waals surface area contributed by atoms with Gasteiger partial charge in [0.15, 0.2) is 0 Å². The maximum atomic E-state index is 13.6. The first-order chi connectivity index (χ1) is 9.60. The van der Waals surface area contributed by atoms with Crippen LogP contribution in [0.2, 0.25) is 0 Å². The van der Waals surface area contributed by atoms with E-state index in [0.29, 0.717) is 30.5 Å². The lowest BCUT2D eigenvalue weighted by Crippen LogP contribution is -2.20. The van der Waals surface area contributed by atoms with Gasteiger partial charge in [-0.15, -0.1) is 0 Å². The zero-order chi connectivity index (χ0) is 14.5. The number of hydrogen-bond donors (Lipinski definition) is 1. The average molecular weight is 279 g/mol. The van der Waals surface area contributed by atoms with Crippen LogP contribution in [0.5, 0.6) is 0 Å². The molecule has 0 aliphatic carbocycles. The van der Waals surface area contributed by atoms with E-state index in [1.54, 1.807) is 18.2 Å². The van der Waals surface area contributed by atoms with Gasteiger partial charge in [0, 0.05) is 6.07 Å². The number of rotatable bonds is 5. The van der Waals surface area contributed by atoms with Crippen LogP contribution in [-0.2, 0) is 12.8 Å². The van der Waals surface area contributed by atoms with E-state index < -0.39 is 11.6 Å². The molecular weight excluding hydrogens is 263 g/mol. The second kappa shape index (κ2) is 6.57. The predicted molar refractivity (Wildman–Crippen MR) is 72.7 cm³/mol. The Balaban J connectivity index is 2.11. The van der Waals surface area contributed by atoms with E-state index in [-0.39, 0.29) is 11.7 Å². The first-order valence-corrected chi connectivity index (χ1v) is 6.47. The van der Waals surface area contributed by atoms with E-state index in [4.69, 9.17) is 5.73 Å². The minimum Gasteiger partial charge on any atom is -0.330 e. The van der Waals surface area contributed by atoms with Crippen molar-refractivity contribution in [1.82, 2.24) is 0 Å². The summed E-state index contributed by atoms with van der Waals surface area (Å²) in [6.07, 6.45) is 0.789. The molecule has 0 saturated heterocycles. The molecule has 0 aliphatic rings. The molecule has 2 N–H and O–H groups in total. The van der Waals surface area contributed by atoms with Gasteiger partial charge in [-0.3, -0.25) is 0 Å². The highest BCUT2D eigenvalue weighted by Gasteiger charge is 2.14. The number of halogens is 3. The third kappa shape index (κ3) is 3.61. The molecule has 0 spiro atoms. The molecule has 4 heteroatoms. The summed E-state index contributed by atoms with van der Waals surface area (Å²) in [4.78, 5) is 0. The topological polar surface area (TPSA) is 26.0 Å². The van der Waals surface area contributed by atoms with E-state index in [0.717, 1.165) is 6.07 Å². The minimum atomic E-state index is -0.607. The second-order valence-electron chi connectivity index (χ2n) is 4.84. The molecule has 1 unspecified atom stereocenters. The van der Waals surface area contributed by atoms with Gasteiger partial charge in [0.25, 0.3) is 0 Å². The molecule has 0 aliphatic heterocycles. The zero-order valence-corrected chi connectivity index (χ0v) is 11.0. The van der Waals surface area contributed by atoms with Crippen LogP contribution >= 0.6 is 0 Å². The highest BCUT2D eigenvalue weighted by atomic mass is 19.1. The van der Waals surface area contributed by atoms with Crippen molar-refractivity contribution < 1.29 is 13.2 Å². The average Bonchev–Trinajstić information content (AvgIpc) is 2.43. The standard InChI is InChI=1S/C16H16F3N/c17-14-6-5-13(16(19)9-14)8-11(10-20)7-12-3-1-2-4-15(12)18/h1-6,9,11H,7-8,10,20H2. The maximum Gasteiger partial charge on any atom is 0.129 e. The van der Waals surface area contributed by atoms with E-state index in [1.807, 2.05) is 0 Å². The third-order valence-electron chi connectivity index (χ3n) is 3.32. The van der Waals surface area contributed by atoms with Crippen molar-refractivity contribution in [3.63, 3.8) is 0 Å². The van der Waals surface area contributed by atoms with E-state index in [2.05, 4.69) is 0 Å². The van der Waals surface area contributed by atoms with Crippen molar-refractivity contribution in [2.45, 2.75) is 12.8 Å². The molecule has 2 rings (SSSR count). The van der Waals surface area contributed by atoms with Crippen molar-refractivity contribution >= 4 is 0 Å². The monoisotopic (exact) mass is 279 g/mol. The van der Waals surface area contributed by atoms with Gasteiger partial charge in [0.1, 0.15) is 17.5 Å². The highest BCUT2D eigenvalue weighted by molar-refractivity contribution is 5.21. The van der Waals surface area contributed by atoms with Crippen molar-refractivity contribution in [3.05, 3.63) is 71.0 Å². The summed E-state index contributed by atoms with van der Waals surface area (Å²) >= 11 is 0. The van der Waals surface area contributed by atoms with Crippen molar-refractivity contribution in [1.29, 1.82) is 0 Å². The molecule has 20 heavy (non-hydrogen) atoms. The van der Waals surface area contributed by atoms with Crippen LogP contribution < -0.4 is 5.73 Å². The highest BCUT2D eigenvalue weighted by Crippen LogP contribution is 2.18. The van der Waals surface area contributed by atoms with E-state index in [9.17, 15) is 13.2 Å². The Kier molecular flexibility index (Phi) is 4.79. The predicted octanol–water partition coefficient (Wildman–Crippen LogP) is 3.46. The summed E-state index contributed by atoms with van der Waals surface area (Å²) in [5, 5.41) is 0. The molecule has 106 valence electrons. The summed E-state index contributed by atoms with van der Waals surface area (Å²) in [7, 11) is 0. The van der Waals surface area contributed by atoms with Crippen molar-refractivity contribution in [3.8, 4) is 0 Å². The van der Waals surface area contributed by atoms with Crippen LogP contribution in [0.1, 0.15) is 11.1 Å². The van der Waals surface area contributed by atoms with Gasteiger partial charge >= 0.3 is 0 Å². The quantitative estimate of drug-likeness (QED) is 0.891. The van der Waals surface area contributed by atoms with Crippen LogP contribution in [0.25, 0.3) is 0 Å². The molecule has 0 bridgehead atoms. The first kappa shape index (κ1) is 14.6. The smallest absolute Gasteiger partial charge is 0.129 e. The lowest BCUT2D eigenvalue weighted by molar-refractivity contribution is 0.493. The molecule has 1 atom stereocenters. The van der Waals surface area contributed by atoms with E-state index >= 15 is 0 Å². The van der Waals surface area contributed by atoms with Crippen molar-refractivity contribution in [2.24, 2.45) is 11.7 Å². The summed E-state index contributed by atoms with van der Waals surface area (Å²) in [5.41, 5.74) is 6.64. The fourth-order valence-corrected chi connectivity index (χ4v) is 2.21. The second-order valence-corrected chi connectivity index (χ2v) is 4.84. The molecule has 1 nitrogen and oxygen atoms in total. The van der Waals surface area contributed by atoms with Gasteiger partial charge in [-0.2, -0.15) is 0 Å². The minimum absolute atomic E-state index is 0.0909. The Morgan fingerprint density at radius 1 is 0.850 bits per heavy atom. The number of hydrogen-bond acceptors (Lipinski definition) is 1. The number of nitrogens with two attached hydrogens (primary N) is 1. The summed E-state index contributed by atoms with van der Waals surface area (Å²) in [6.45, 7) is 0.311. The Labute approximate surface area is 116 Å².